The summed E-state index contributed by atoms with van der Waals surface area (Å²) in [6.07, 6.45) is 1.30. The van der Waals surface area contributed by atoms with E-state index in [2.05, 4.69) is 0 Å². The van der Waals surface area contributed by atoms with Gasteiger partial charge in [-0.15, -0.1) is 0 Å². The Balaban J connectivity index is 1.44. The molecule has 4 amide bonds. The van der Waals surface area contributed by atoms with Crippen LogP contribution in [-0.2, 0) is 20.4 Å². The van der Waals surface area contributed by atoms with Crippen molar-refractivity contribution in [3.05, 3.63) is 35.4 Å². The molecule has 1 aromatic rings. The lowest BCUT2D eigenvalue weighted by molar-refractivity contribution is -0.145. The molecule has 154 valence electrons. The summed E-state index contributed by atoms with van der Waals surface area (Å²) in [5.74, 6) is -1.09. The van der Waals surface area contributed by atoms with Crippen molar-refractivity contribution in [1.29, 1.82) is 0 Å². The molecule has 3 atom stereocenters. The molecule has 0 radical (unpaired) electrons. The van der Waals surface area contributed by atoms with E-state index in [4.69, 9.17) is 0 Å². The summed E-state index contributed by atoms with van der Waals surface area (Å²) in [7, 11) is -1.02. The average Bonchev–Trinajstić information content (AvgIpc) is 3.43. The quantitative estimate of drug-likeness (QED) is 0.664. The predicted octanol–water partition coefficient (Wildman–Crippen LogP) is 0.458. The largest absolute Gasteiger partial charge is 0.330 e. The fourth-order valence-corrected chi connectivity index (χ4v) is 5.38. The lowest BCUT2D eigenvalue weighted by Crippen LogP contribution is -2.50. The summed E-state index contributed by atoms with van der Waals surface area (Å²) in [5, 5.41) is 0. The van der Waals surface area contributed by atoms with Crippen LogP contribution in [-0.4, -0.2) is 79.8 Å². The van der Waals surface area contributed by atoms with Crippen molar-refractivity contribution in [3.8, 4) is 0 Å². The van der Waals surface area contributed by atoms with Crippen LogP contribution in [0.4, 0.5) is 0 Å². The molecule has 3 aliphatic rings. The van der Waals surface area contributed by atoms with Gasteiger partial charge in [-0.1, -0.05) is 19.1 Å². The summed E-state index contributed by atoms with van der Waals surface area (Å²) >= 11 is 0. The van der Waals surface area contributed by atoms with E-state index in [1.54, 1.807) is 41.0 Å². The van der Waals surface area contributed by atoms with E-state index in [-0.39, 0.29) is 36.1 Å². The molecule has 0 aromatic heterocycles. The summed E-state index contributed by atoms with van der Waals surface area (Å²) in [5.41, 5.74) is 0.710. The number of imide groups is 1. The maximum atomic E-state index is 13.1. The number of likely N-dealkylation sites (tertiary alicyclic amines) is 1. The maximum absolute atomic E-state index is 13.1. The monoisotopic (exact) mass is 417 g/mol. The van der Waals surface area contributed by atoms with Crippen LogP contribution in [0.25, 0.3) is 0 Å². The zero-order valence-corrected chi connectivity index (χ0v) is 17.0. The van der Waals surface area contributed by atoms with E-state index < -0.39 is 22.8 Å². The van der Waals surface area contributed by atoms with Crippen LogP contribution in [0.15, 0.2) is 24.3 Å². The molecule has 4 rings (SSSR count). The van der Waals surface area contributed by atoms with Gasteiger partial charge in [0.25, 0.3) is 11.8 Å². The number of fused-ring (bicyclic) bond motifs is 1. The highest BCUT2D eigenvalue weighted by Gasteiger charge is 2.41. The highest BCUT2D eigenvalue weighted by Crippen LogP contribution is 2.26. The smallest absolute Gasteiger partial charge is 0.261 e. The van der Waals surface area contributed by atoms with E-state index >= 15 is 0 Å². The number of benzene rings is 1. The van der Waals surface area contributed by atoms with Crippen molar-refractivity contribution in [2.24, 2.45) is 5.92 Å². The Morgan fingerprint density at radius 3 is 2.38 bits per heavy atom. The third-order valence-electron chi connectivity index (χ3n) is 5.78. The predicted molar refractivity (Wildman–Crippen MR) is 105 cm³/mol. The number of rotatable bonds is 4. The van der Waals surface area contributed by atoms with E-state index in [1.165, 1.54) is 0 Å². The lowest BCUT2D eigenvalue weighted by Gasteiger charge is -2.30. The average molecular weight is 417 g/mol. The first-order chi connectivity index (χ1) is 13.9. The van der Waals surface area contributed by atoms with Crippen LogP contribution in [0.5, 0.6) is 0 Å². The van der Waals surface area contributed by atoms with Gasteiger partial charge >= 0.3 is 0 Å². The van der Waals surface area contributed by atoms with Gasteiger partial charge in [0.1, 0.15) is 6.04 Å². The third kappa shape index (κ3) is 3.48. The highest BCUT2D eigenvalue weighted by molar-refractivity contribution is 7.85. The summed E-state index contributed by atoms with van der Waals surface area (Å²) in [6.45, 7) is 2.58. The van der Waals surface area contributed by atoms with E-state index in [1.807, 2.05) is 0 Å². The second-order valence-corrected chi connectivity index (χ2v) is 9.28. The molecule has 2 unspecified atom stereocenters. The Morgan fingerprint density at radius 2 is 1.79 bits per heavy atom. The summed E-state index contributed by atoms with van der Waals surface area (Å²) in [6, 6.07) is 6.07. The van der Waals surface area contributed by atoms with Gasteiger partial charge in [-0.3, -0.25) is 28.3 Å². The van der Waals surface area contributed by atoms with Crippen molar-refractivity contribution in [1.82, 2.24) is 14.7 Å². The molecule has 3 heterocycles. The highest BCUT2D eigenvalue weighted by atomic mass is 32.2. The van der Waals surface area contributed by atoms with Gasteiger partial charge in [0.15, 0.2) is 0 Å². The standard InChI is InChI=1S/C20H23N3O5S/c1-13(11-23-18(25)14-5-2-3-6-15(14)19(23)26)17(24)22-8-4-7-16(22)20(27)21-9-10-29(28)12-21/h2-3,5-6,13,16H,4,7-12H2,1H3/t13?,16-,29?/m0/s1. The number of carbonyl (C=O) groups excluding carboxylic acids is 4. The second kappa shape index (κ2) is 7.70. The van der Waals surface area contributed by atoms with Gasteiger partial charge in [0.05, 0.1) is 22.9 Å². The van der Waals surface area contributed by atoms with Gasteiger partial charge in [-0.2, -0.15) is 0 Å². The fourth-order valence-electron chi connectivity index (χ4n) is 4.23. The van der Waals surface area contributed by atoms with Crippen LogP contribution in [0, 0.1) is 5.92 Å². The van der Waals surface area contributed by atoms with Crippen molar-refractivity contribution in [2.75, 3.05) is 31.3 Å². The van der Waals surface area contributed by atoms with Crippen molar-refractivity contribution >= 4 is 34.4 Å². The zero-order chi connectivity index (χ0) is 20.7. The number of carbonyl (C=O) groups is 4. The third-order valence-corrected chi connectivity index (χ3v) is 7.02. The molecule has 0 saturated carbocycles. The molecule has 9 heteroatoms. The van der Waals surface area contributed by atoms with Crippen LogP contribution >= 0.6 is 0 Å². The first-order valence-electron chi connectivity index (χ1n) is 9.78. The van der Waals surface area contributed by atoms with Crippen molar-refractivity contribution in [3.63, 3.8) is 0 Å². The van der Waals surface area contributed by atoms with E-state index in [0.29, 0.717) is 36.4 Å². The minimum atomic E-state index is -1.02. The molecule has 8 nitrogen and oxygen atoms in total. The first-order valence-corrected chi connectivity index (χ1v) is 11.3. The molecule has 0 aliphatic carbocycles. The summed E-state index contributed by atoms with van der Waals surface area (Å²) in [4.78, 5) is 55.2. The minimum absolute atomic E-state index is 0.0175. The number of hydrogen-bond acceptors (Lipinski definition) is 5. The second-order valence-electron chi connectivity index (χ2n) is 7.73. The van der Waals surface area contributed by atoms with Gasteiger partial charge in [0, 0.05) is 36.2 Å². The van der Waals surface area contributed by atoms with Crippen LogP contribution in [0.3, 0.4) is 0 Å². The maximum Gasteiger partial charge on any atom is 0.261 e. The molecule has 2 saturated heterocycles. The Morgan fingerprint density at radius 1 is 1.14 bits per heavy atom. The normalized spacial score (nSPS) is 24.9. The van der Waals surface area contributed by atoms with Crippen LogP contribution < -0.4 is 0 Å². The van der Waals surface area contributed by atoms with Crippen LogP contribution in [0.2, 0.25) is 0 Å². The Labute approximate surface area is 171 Å². The Hall–Kier alpha value is -2.55. The van der Waals surface area contributed by atoms with E-state index in [9.17, 15) is 23.4 Å². The van der Waals surface area contributed by atoms with Crippen molar-refractivity contribution in [2.45, 2.75) is 25.8 Å². The molecule has 0 bridgehead atoms. The number of nitrogens with zero attached hydrogens (tertiary/aromatic N) is 3. The topological polar surface area (TPSA) is 95.1 Å². The molecule has 29 heavy (non-hydrogen) atoms. The number of amides is 4. The molecule has 0 spiro atoms. The molecular formula is C20H23N3O5S. The van der Waals surface area contributed by atoms with Gasteiger partial charge in [-0.25, -0.2) is 0 Å². The Bertz CT molecular complexity index is 882. The molecule has 0 N–H and O–H groups in total. The number of hydrogen-bond donors (Lipinski definition) is 0. The fraction of sp³-hybridized carbons (Fsp3) is 0.500. The van der Waals surface area contributed by atoms with Crippen molar-refractivity contribution < 1.29 is 23.4 Å². The van der Waals surface area contributed by atoms with Crippen LogP contribution in [0.1, 0.15) is 40.5 Å². The van der Waals surface area contributed by atoms with Gasteiger partial charge in [-0.05, 0) is 25.0 Å². The minimum Gasteiger partial charge on any atom is -0.330 e. The molecular weight excluding hydrogens is 394 g/mol. The SMILES string of the molecule is CC(CN1C(=O)c2ccccc2C1=O)C(=O)N1CCC[C@H]1C(=O)N1CCS(=O)C1. The molecule has 1 aromatic carbocycles. The van der Waals surface area contributed by atoms with Gasteiger partial charge < -0.3 is 9.80 Å². The molecule has 2 fully saturated rings. The zero-order valence-electron chi connectivity index (χ0n) is 16.2. The summed E-state index contributed by atoms with van der Waals surface area (Å²) < 4.78 is 11.6. The first kappa shape index (κ1) is 19.8. The van der Waals surface area contributed by atoms with E-state index in [0.717, 1.165) is 11.3 Å². The molecule has 3 aliphatic heterocycles. The van der Waals surface area contributed by atoms with Gasteiger partial charge in [0.2, 0.25) is 11.8 Å². The lowest BCUT2D eigenvalue weighted by atomic mass is 10.1. The Kier molecular flexibility index (Phi) is 5.24.